The SMILES string of the molecule is CC(=O)C1=CC=C(C(=O)O)C1.CC(=O)c1cc(C(=O)O)c[nH]1.CC(=O)c1cc(C(=O)O)co1.CC(=O)c1cc(C(=O)O)cs1.CC(=O)c1nc(C(=O)O)co1.CC(=O)c1ncc(C(=O)O)o1.CC(=O)c1nnc(C(=O)O)o1.O=C([O-])c1cc(C(=O)O)on1. The van der Waals surface area contributed by atoms with Crippen LogP contribution in [0.2, 0.25) is 0 Å². The van der Waals surface area contributed by atoms with Gasteiger partial charge in [0.2, 0.25) is 28.9 Å². The molecule has 9 N–H and O–H groups in total. The van der Waals surface area contributed by atoms with E-state index in [4.69, 9.17) is 40.9 Å². The number of carbonyl (C=O) groups is 16. The third kappa shape index (κ3) is 25.3. The van der Waals surface area contributed by atoms with Crippen molar-refractivity contribution in [3.63, 3.8) is 0 Å². The van der Waals surface area contributed by atoms with Crippen LogP contribution >= 0.6 is 11.3 Å². The molecule has 0 saturated heterocycles. The van der Waals surface area contributed by atoms with Crippen LogP contribution in [0.1, 0.15) is 202 Å². The molecule has 464 valence electrons. The number of hydrogen-bond acceptors (Lipinski definition) is 28. The molecule has 0 bridgehead atoms. The number of carboxylic acids is 9. The van der Waals surface area contributed by atoms with E-state index >= 15 is 0 Å². The molecule has 0 radical (unpaired) electrons. The standard InChI is InChI=1S/C8H8O3.C7H7NO3.C7H6O4.C7H6O3S.2C6H5NO4.C5H4N2O4.C5H3NO5/c1-5(9)6-2-3-7(4-6)8(10)11;1-4(9)6-2-5(3-8-6)7(10)11;2*1-4(8)6-2-5(3-11-6)7(9)10;1-3(8)5-7-4(2-11-5)6(9)10;1-3(8)5-7-2-4(11-5)6(9)10;1-2(8)3-6-7-4(11-3)5(9)10;7-4(8)2-1-3(5(9)10)11-6-2/h2-3H,4H2,1H3,(H,10,11);2-3,8H,1H3,(H,10,11);2*2-3H,1H3,(H,9,10);2*2H,1H3,(H,9,10);1H3,(H,9,10);1H,(H,7,8)(H,9,10)/p-1. The molecule has 1 aliphatic rings. The van der Waals surface area contributed by atoms with E-state index in [0.717, 1.165) is 36.1 Å². The Morgan fingerprint density at radius 1 is 0.477 bits per heavy atom. The number of aliphatic carboxylic acids is 1. The number of oxazole rings is 2. The molecule has 36 nitrogen and oxygen atoms in total. The summed E-state index contributed by atoms with van der Waals surface area (Å²) in [5, 5.41) is 87.7. The normalized spacial score (nSPS) is 10.3. The Kier molecular flexibility index (Phi) is 29.0. The molecule has 0 saturated carbocycles. The summed E-state index contributed by atoms with van der Waals surface area (Å²) in [6, 6.07) is 4.67. The number of carbonyl (C=O) groups excluding carboxylic acids is 8. The van der Waals surface area contributed by atoms with Gasteiger partial charge in [-0.1, -0.05) is 17.3 Å². The van der Waals surface area contributed by atoms with Gasteiger partial charge in [0.05, 0.1) is 39.4 Å². The highest BCUT2D eigenvalue weighted by atomic mass is 32.1. The second kappa shape index (κ2) is 34.8. The van der Waals surface area contributed by atoms with Gasteiger partial charge in [-0.15, -0.1) is 21.5 Å². The first-order valence-electron chi connectivity index (χ1n) is 23.0. The molecule has 0 amide bonds. The average molecular weight is 1250 g/mol. The molecular formula is C51H43N6O30S-. The van der Waals surface area contributed by atoms with Crippen LogP contribution in [-0.2, 0) is 9.59 Å². The van der Waals surface area contributed by atoms with Gasteiger partial charge < -0.3 is 77.9 Å². The van der Waals surface area contributed by atoms with Gasteiger partial charge in [-0.05, 0) is 31.6 Å². The van der Waals surface area contributed by atoms with Gasteiger partial charge in [-0.2, -0.15) is 4.98 Å². The fourth-order valence-electron chi connectivity index (χ4n) is 4.89. The van der Waals surface area contributed by atoms with Crippen molar-refractivity contribution in [3.8, 4) is 0 Å². The van der Waals surface area contributed by atoms with Crippen molar-refractivity contribution in [2.24, 2.45) is 0 Å². The summed E-state index contributed by atoms with van der Waals surface area (Å²) in [6.07, 6.45) is 7.56. The third-order valence-electron chi connectivity index (χ3n) is 9.17. The fraction of sp³-hybridized carbons (Fsp3) is 0.157. The van der Waals surface area contributed by atoms with Gasteiger partial charge in [0, 0.05) is 70.3 Å². The van der Waals surface area contributed by atoms with Gasteiger partial charge in [-0.3, -0.25) is 33.6 Å². The number of hydrogen-bond donors (Lipinski definition) is 9. The fourth-order valence-corrected chi connectivity index (χ4v) is 5.68. The number of H-pyrrole nitrogens is 1. The summed E-state index contributed by atoms with van der Waals surface area (Å²) in [5.74, 6) is -14.6. The molecule has 0 fully saturated rings. The maximum absolute atomic E-state index is 10.7. The molecule has 7 aromatic rings. The lowest BCUT2D eigenvalue weighted by Crippen LogP contribution is -2.22. The molecule has 0 spiro atoms. The van der Waals surface area contributed by atoms with Crippen LogP contribution in [0, 0.1) is 0 Å². The minimum atomic E-state index is -1.57. The summed E-state index contributed by atoms with van der Waals surface area (Å²) in [5.41, 5.74) is 0.684. The molecule has 1 aliphatic carbocycles. The Balaban J connectivity index is 0.000000503. The Labute approximate surface area is 491 Å². The van der Waals surface area contributed by atoms with E-state index in [1.165, 1.54) is 84.3 Å². The van der Waals surface area contributed by atoms with Gasteiger partial charge >= 0.3 is 53.6 Å². The minimum absolute atomic E-state index is 0.00444. The van der Waals surface area contributed by atoms with Crippen molar-refractivity contribution >= 4 is 106 Å². The molecule has 8 rings (SSSR count). The van der Waals surface area contributed by atoms with Crippen LogP contribution in [0.15, 0.2) is 100 Å². The van der Waals surface area contributed by atoms with Crippen LogP contribution < -0.4 is 5.11 Å². The zero-order valence-electron chi connectivity index (χ0n) is 45.8. The van der Waals surface area contributed by atoms with Crippen molar-refractivity contribution in [3.05, 3.63) is 157 Å². The van der Waals surface area contributed by atoms with Gasteiger partial charge in [0.1, 0.15) is 18.2 Å². The Morgan fingerprint density at radius 2 is 1.03 bits per heavy atom. The van der Waals surface area contributed by atoms with Crippen LogP contribution in [-0.4, -0.2) is 165 Å². The number of Topliss-reactive ketones (excluding diaryl/α,β-unsaturated/α-hetero) is 7. The number of nitrogens with zero attached hydrogens (tertiary/aromatic N) is 5. The first kappa shape index (κ1) is 73.4. The van der Waals surface area contributed by atoms with E-state index in [1.807, 2.05) is 0 Å². The number of nitrogens with one attached hydrogen (secondary N) is 1. The number of carboxylic acid groups (broad SMARTS) is 9. The van der Waals surface area contributed by atoms with E-state index < -0.39 is 88.4 Å². The zero-order valence-corrected chi connectivity index (χ0v) is 46.6. The number of aromatic carboxylic acids is 8. The van der Waals surface area contributed by atoms with E-state index in [2.05, 4.69) is 52.5 Å². The average Bonchev–Trinajstić information content (AvgIpc) is 4.45. The maximum Gasteiger partial charge on any atom is 0.393 e. The highest BCUT2D eigenvalue weighted by Crippen LogP contribution is 2.19. The molecule has 0 atom stereocenters. The zero-order chi connectivity index (χ0) is 67.4. The van der Waals surface area contributed by atoms with Crippen molar-refractivity contribution in [1.82, 2.24) is 30.3 Å². The number of rotatable bonds is 16. The number of aromatic amines is 1. The smallest absolute Gasteiger partial charge is 0.393 e. The summed E-state index contributed by atoms with van der Waals surface area (Å²) in [7, 11) is 0. The molecule has 0 aromatic carbocycles. The summed E-state index contributed by atoms with van der Waals surface area (Å²) in [4.78, 5) is 176. The van der Waals surface area contributed by atoms with Gasteiger partial charge in [-0.25, -0.2) is 43.3 Å². The van der Waals surface area contributed by atoms with Gasteiger partial charge in [0.25, 0.3) is 17.7 Å². The largest absolute Gasteiger partial charge is 0.543 e. The van der Waals surface area contributed by atoms with E-state index in [0.29, 0.717) is 16.1 Å². The predicted molar refractivity (Wildman–Crippen MR) is 280 cm³/mol. The predicted octanol–water partition coefficient (Wildman–Crippen LogP) is 4.52. The first-order valence-corrected chi connectivity index (χ1v) is 23.9. The number of ketones is 7. The maximum atomic E-state index is 10.7. The van der Waals surface area contributed by atoms with Crippen LogP contribution in [0.5, 0.6) is 0 Å². The van der Waals surface area contributed by atoms with E-state index in [-0.39, 0.29) is 86.7 Å². The third-order valence-corrected chi connectivity index (χ3v) is 10.2. The second-order valence-corrected chi connectivity index (χ2v) is 16.9. The number of aromatic nitrogens is 6. The van der Waals surface area contributed by atoms with E-state index in [9.17, 15) is 81.8 Å². The Hall–Kier alpha value is -12.6. The number of thiophene rings is 1. The summed E-state index contributed by atoms with van der Waals surface area (Å²) >= 11 is 1.16. The van der Waals surface area contributed by atoms with Crippen LogP contribution in [0.3, 0.4) is 0 Å². The van der Waals surface area contributed by atoms with Crippen LogP contribution in [0.25, 0.3) is 0 Å². The summed E-state index contributed by atoms with van der Waals surface area (Å²) < 4.78 is 22.3. The molecule has 7 aromatic heterocycles. The van der Waals surface area contributed by atoms with Crippen molar-refractivity contribution in [1.29, 1.82) is 0 Å². The second-order valence-electron chi connectivity index (χ2n) is 15.9. The van der Waals surface area contributed by atoms with Crippen LogP contribution in [0.4, 0.5) is 0 Å². The highest BCUT2D eigenvalue weighted by molar-refractivity contribution is 7.12. The lowest BCUT2D eigenvalue weighted by molar-refractivity contribution is -0.255. The summed E-state index contributed by atoms with van der Waals surface area (Å²) in [6.45, 7) is 9.23. The van der Waals surface area contributed by atoms with Crippen molar-refractivity contribution in [2.45, 2.75) is 54.9 Å². The lowest BCUT2D eigenvalue weighted by Gasteiger charge is -1.95. The van der Waals surface area contributed by atoms with Crippen molar-refractivity contribution in [2.75, 3.05) is 0 Å². The Morgan fingerprint density at radius 3 is 1.31 bits per heavy atom. The monoisotopic (exact) mass is 1250 g/mol. The minimum Gasteiger partial charge on any atom is -0.543 e. The molecule has 7 heterocycles. The molecule has 37 heteroatoms. The Bertz CT molecular complexity index is 3030. The molecule has 0 aliphatic heterocycles. The quantitative estimate of drug-likeness (QED) is 0.0600. The van der Waals surface area contributed by atoms with E-state index in [1.54, 1.807) is 6.08 Å². The molecule has 88 heavy (non-hydrogen) atoms. The molecule has 0 unspecified atom stereocenters. The van der Waals surface area contributed by atoms with Gasteiger partial charge in [0.15, 0.2) is 34.6 Å². The first-order chi connectivity index (χ1) is 40.9. The highest BCUT2D eigenvalue weighted by Gasteiger charge is 2.19. The lowest BCUT2D eigenvalue weighted by atomic mass is 10.1. The topological polar surface area (TPSA) is 604 Å². The molecular weight excluding hydrogens is 1210 g/mol. The van der Waals surface area contributed by atoms with Crippen molar-refractivity contribution < 1.29 is 145 Å². The number of furan rings is 1. The number of allylic oxidation sites excluding steroid dienone is 3.